The van der Waals surface area contributed by atoms with Gasteiger partial charge < -0.3 is 9.47 Å². The van der Waals surface area contributed by atoms with E-state index in [9.17, 15) is 17.6 Å². The predicted molar refractivity (Wildman–Crippen MR) is 98.4 cm³/mol. The van der Waals surface area contributed by atoms with Crippen LogP contribution < -0.4 is 9.47 Å². The average Bonchev–Trinajstić information content (AvgIpc) is 2.72. The number of hydrogen-bond acceptors (Lipinski definition) is 2. The van der Waals surface area contributed by atoms with Crippen LogP contribution in [0.3, 0.4) is 0 Å². The number of halogens is 4. The van der Waals surface area contributed by atoms with Gasteiger partial charge in [-0.05, 0) is 41.3 Å². The fourth-order valence-corrected chi connectivity index (χ4v) is 2.81. The van der Waals surface area contributed by atoms with Gasteiger partial charge in [0.2, 0.25) is 11.6 Å². The molecule has 0 aliphatic heterocycles. The van der Waals surface area contributed by atoms with Crippen molar-refractivity contribution in [3.05, 3.63) is 82.9 Å². The van der Waals surface area contributed by atoms with E-state index in [1.165, 1.54) is 31.4 Å². The minimum Gasteiger partial charge on any atom is -0.494 e. The monoisotopic (exact) mass is 390 g/mol. The van der Waals surface area contributed by atoms with Crippen molar-refractivity contribution in [3.63, 3.8) is 0 Å². The van der Waals surface area contributed by atoms with Gasteiger partial charge in [-0.15, -0.1) is 0 Å². The number of hydrogen-bond donors (Lipinski definition) is 0. The van der Waals surface area contributed by atoms with Crippen LogP contribution in [0.1, 0.15) is 18.1 Å². The second-order valence-electron chi connectivity index (χ2n) is 6.13. The Morgan fingerprint density at radius 1 is 0.714 bits per heavy atom. The van der Waals surface area contributed by atoms with Gasteiger partial charge in [0.1, 0.15) is 6.61 Å². The number of ether oxygens (including phenoxy) is 2. The van der Waals surface area contributed by atoms with Crippen molar-refractivity contribution in [2.45, 2.75) is 20.0 Å². The van der Waals surface area contributed by atoms with Crippen molar-refractivity contribution in [2.24, 2.45) is 0 Å². The zero-order valence-electron chi connectivity index (χ0n) is 15.4. The third-order valence-electron chi connectivity index (χ3n) is 4.43. The molecule has 0 atom stereocenters. The maximum absolute atomic E-state index is 14.2. The van der Waals surface area contributed by atoms with Gasteiger partial charge in [-0.3, -0.25) is 0 Å². The Kier molecular flexibility index (Phi) is 5.87. The molecule has 0 saturated heterocycles. The second kappa shape index (κ2) is 8.33. The van der Waals surface area contributed by atoms with E-state index in [1.54, 1.807) is 31.2 Å². The van der Waals surface area contributed by atoms with Gasteiger partial charge >= 0.3 is 0 Å². The smallest absolute Gasteiger partial charge is 0.201 e. The molecule has 0 bridgehead atoms. The highest BCUT2D eigenvalue weighted by atomic mass is 19.2. The van der Waals surface area contributed by atoms with Crippen molar-refractivity contribution in [2.75, 3.05) is 7.11 Å². The lowest BCUT2D eigenvalue weighted by atomic mass is 10.0. The summed E-state index contributed by atoms with van der Waals surface area (Å²) in [7, 11) is 1.26. The van der Waals surface area contributed by atoms with Gasteiger partial charge in [0.05, 0.1) is 7.11 Å². The molecule has 0 aromatic heterocycles. The highest BCUT2D eigenvalue weighted by Crippen LogP contribution is 2.30. The van der Waals surface area contributed by atoms with Gasteiger partial charge in [-0.25, -0.2) is 8.78 Å². The Morgan fingerprint density at radius 2 is 1.36 bits per heavy atom. The molecule has 0 spiro atoms. The molecule has 0 unspecified atom stereocenters. The molecule has 3 aromatic carbocycles. The molecule has 0 fully saturated rings. The summed E-state index contributed by atoms with van der Waals surface area (Å²) in [6.07, 6.45) is 0.382. The number of rotatable bonds is 6. The molecule has 0 heterocycles. The molecule has 0 aliphatic carbocycles. The molecule has 146 valence electrons. The van der Waals surface area contributed by atoms with Crippen LogP contribution in [0.5, 0.6) is 11.5 Å². The lowest BCUT2D eigenvalue weighted by Crippen LogP contribution is -2.01. The van der Waals surface area contributed by atoms with Crippen molar-refractivity contribution >= 4 is 0 Å². The van der Waals surface area contributed by atoms with Crippen molar-refractivity contribution in [1.29, 1.82) is 0 Å². The van der Waals surface area contributed by atoms with E-state index in [4.69, 9.17) is 9.47 Å². The van der Waals surface area contributed by atoms with Crippen molar-refractivity contribution in [1.82, 2.24) is 0 Å². The van der Waals surface area contributed by atoms with Crippen LogP contribution in [-0.4, -0.2) is 7.11 Å². The standard InChI is InChI=1S/C22H18F4O2/c1-3-14-8-10-18(22(26)19(14)23)28-12-13-4-6-15(7-5-13)16-9-11-17(27-2)21(25)20(16)24/h4-11H,3,12H2,1-2H3. The fraction of sp³-hybridized carbons (Fsp3) is 0.182. The summed E-state index contributed by atoms with van der Waals surface area (Å²) in [5.41, 5.74) is 1.50. The first-order chi connectivity index (χ1) is 13.5. The topological polar surface area (TPSA) is 18.5 Å². The Labute approximate surface area is 160 Å². The molecule has 0 radical (unpaired) electrons. The quantitative estimate of drug-likeness (QED) is 0.476. The van der Waals surface area contributed by atoms with Gasteiger partial charge in [0.15, 0.2) is 23.1 Å². The van der Waals surface area contributed by atoms with Crippen molar-refractivity contribution in [3.8, 4) is 22.6 Å². The SMILES string of the molecule is CCc1ccc(OCc2ccc(-c3ccc(OC)c(F)c3F)cc2)c(F)c1F. The first-order valence-electron chi connectivity index (χ1n) is 8.67. The zero-order chi connectivity index (χ0) is 20.3. The van der Waals surface area contributed by atoms with Crippen LogP contribution in [-0.2, 0) is 13.0 Å². The molecular weight excluding hydrogens is 372 g/mol. The van der Waals surface area contributed by atoms with Crippen LogP contribution >= 0.6 is 0 Å². The molecule has 28 heavy (non-hydrogen) atoms. The first kappa shape index (κ1) is 19.7. The lowest BCUT2D eigenvalue weighted by Gasteiger charge is -2.11. The Bertz CT molecular complexity index is 985. The minimum atomic E-state index is -1.06. The van der Waals surface area contributed by atoms with E-state index < -0.39 is 23.3 Å². The van der Waals surface area contributed by atoms with Crippen LogP contribution in [0.4, 0.5) is 17.6 Å². The van der Waals surface area contributed by atoms with Crippen LogP contribution in [0, 0.1) is 23.3 Å². The molecule has 2 nitrogen and oxygen atoms in total. The molecule has 0 N–H and O–H groups in total. The van der Waals surface area contributed by atoms with Gasteiger partial charge in [0, 0.05) is 5.56 Å². The number of aryl methyl sites for hydroxylation is 1. The predicted octanol–water partition coefficient (Wildman–Crippen LogP) is 6.06. The van der Waals surface area contributed by atoms with Gasteiger partial charge in [-0.2, -0.15) is 8.78 Å². The average molecular weight is 390 g/mol. The molecule has 0 amide bonds. The zero-order valence-corrected chi connectivity index (χ0v) is 15.4. The third kappa shape index (κ3) is 3.81. The molecule has 3 aromatic rings. The number of benzene rings is 3. The van der Waals surface area contributed by atoms with E-state index in [1.807, 2.05) is 0 Å². The molecule has 6 heteroatoms. The molecule has 0 saturated carbocycles. The lowest BCUT2D eigenvalue weighted by molar-refractivity contribution is 0.284. The molecule has 0 aliphatic rings. The highest BCUT2D eigenvalue weighted by Gasteiger charge is 2.16. The summed E-state index contributed by atoms with van der Waals surface area (Å²) in [5, 5.41) is 0. The third-order valence-corrected chi connectivity index (χ3v) is 4.43. The Hall–Kier alpha value is -3.02. The Balaban J connectivity index is 1.76. The van der Waals surface area contributed by atoms with E-state index in [-0.39, 0.29) is 29.2 Å². The second-order valence-corrected chi connectivity index (χ2v) is 6.13. The van der Waals surface area contributed by atoms with E-state index in [0.29, 0.717) is 17.5 Å². The number of methoxy groups -OCH3 is 1. The van der Waals surface area contributed by atoms with Crippen LogP contribution in [0.15, 0.2) is 48.5 Å². The van der Waals surface area contributed by atoms with Crippen LogP contribution in [0.25, 0.3) is 11.1 Å². The normalized spacial score (nSPS) is 10.8. The Morgan fingerprint density at radius 3 is 2.00 bits per heavy atom. The van der Waals surface area contributed by atoms with E-state index in [2.05, 4.69) is 0 Å². The van der Waals surface area contributed by atoms with Gasteiger partial charge in [-0.1, -0.05) is 37.3 Å². The summed E-state index contributed by atoms with van der Waals surface area (Å²) in [4.78, 5) is 0. The summed E-state index contributed by atoms with van der Waals surface area (Å²) in [6, 6.07) is 12.1. The van der Waals surface area contributed by atoms with E-state index in [0.717, 1.165) is 0 Å². The first-order valence-corrected chi connectivity index (χ1v) is 8.67. The maximum Gasteiger partial charge on any atom is 0.201 e. The van der Waals surface area contributed by atoms with Crippen LogP contribution in [0.2, 0.25) is 0 Å². The van der Waals surface area contributed by atoms with Gasteiger partial charge in [0.25, 0.3) is 0 Å². The fourth-order valence-electron chi connectivity index (χ4n) is 2.81. The van der Waals surface area contributed by atoms with Crippen molar-refractivity contribution < 1.29 is 27.0 Å². The summed E-state index contributed by atoms with van der Waals surface area (Å²) >= 11 is 0. The highest BCUT2D eigenvalue weighted by molar-refractivity contribution is 5.65. The molecular formula is C22H18F4O2. The summed E-state index contributed by atoms with van der Waals surface area (Å²) in [6.45, 7) is 1.74. The minimum absolute atomic E-state index is 0.00156. The summed E-state index contributed by atoms with van der Waals surface area (Å²) < 4.78 is 66.0. The summed E-state index contributed by atoms with van der Waals surface area (Å²) in [5.74, 6) is -4.34. The largest absolute Gasteiger partial charge is 0.494 e. The maximum atomic E-state index is 14.2. The van der Waals surface area contributed by atoms with E-state index >= 15 is 0 Å². The molecule has 3 rings (SSSR count).